The number of halogens is 1. The molecule has 0 spiro atoms. The molecule has 0 unspecified atom stereocenters. The van der Waals surface area contributed by atoms with Crippen LogP contribution in [-0.4, -0.2) is 58.4 Å². The van der Waals surface area contributed by atoms with Crippen molar-refractivity contribution in [3.63, 3.8) is 0 Å². The van der Waals surface area contributed by atoms with Gasteiger partial charge in [0.1, 0.15) is 11.6 Å². The summed E-state index contributed by atoms with van der Waals surface area (Å²) in [5.74, 6) is 1.40. The summed E-state index contributed by atoms with van der Waals surface area (Å²) in [6, 6.07) is 14.7. The number of benzene rings is 2. The summed E-state index contributed by atoms with van der Waals surface area (Å²) in [6.45, 7) is 9.84. The van der Waals surface area contributed by atoms with E-state index >= 15 is 0 Å². The second kappa shape index (κ2) is 9.24. The van der Waals surface area contributed by atoms with Crippen molar-refractivity contribution in [2.45, 2.75) is 38.8 Å². The Morgan fingerprint density at radius 3 is 2.25 bits per heavy atom. The number of hydrogen-bond acceptors (Lipinski definition) is 6. The lowest BCUT2D eigenvalue weighted by Gasteiger charge is -2.40. The molecule has 8 heteroatoms. The average molecular weight is 439 g/mol. The molecule has 2 aromatic carbocycles. The van der Waals surface area contributed by atoms with E-state index in [4.69, 9.17) is 4.74 Å². The number of ether oxygens (including phenoxy) is 1. The van der Waals surface area contributed by atoms with Crippen LogP contribution in [0.1, 0.15) is 44.6 Å². The van der Waals surface area contributed by atoms with Gasteiger partial charge in [-0.15, -0.1) is 5.10 Å². The van der Waals surface area contributed by atoms with Crippen LogP contribution in [0.25, 0.3) is 0 Å². The van der Waals surface area contributed by atoms with Gasteiger partial charge < -0.3 is 9.64 Å². The summed E-state index contributed by atoms with van der Waals surface area (Å²) in [6.07, 6.45) is 0.895. The molecule has 0 bridgehead atoms. The van der Waals surface area contributed by atoms with Gasteiger partial charge in [-0.2, -0.15) is 0 Å². The Bertz CT molecular complexity index is 1010. The minimum atomic E-state index is -0.245. The molecule has 0 radical (unpaired) electrons. The molecule has 1 atom stereocenters. The summed E-state index contributed by atoms with van der Waals surface area (Å²) in [7, 11) is 1.68. The molecule has 170 valence electrons. The van der Waals surface area contributed by atoms with Crippen LogP contribution in [0.5, 0.6) is 5.75 Å². The zero-order valence-electron chi connectivity index (χ0n) is 19.2. The number of nitrogens with zero attached hydrogens (tertiary/aromatic N) is 6. The van der Waals surface area contributed by atoms with Crippen molar-refractivity contribution in [3.8, 4) is 5.75 Å². The summed E-state index contributed by atoms with van der Waals surface area (Å²) < 4.78 is 20.9. The van der Waals surface area contributed by atoms with E-state index in [9.17, 15) is 4.39 Å². The number of aromatic nitrogens is 4. The van der Waals surface area contributed by atoms with Gasteiger partial charge in [-0.1, -0.05) is 19.1 Å². The highest BCUT2D eigenvalue weighted by Crippen LogP contribution is 2.32. The van der Waals surface area contributed by atoms with Crippen LogP contribution < -0.4 is 9.64 Å². The zero-order chi connectivity index (χ0) is 22.7. The number of methoxy groups -OCH3 is 1. The summed E-state index contributed by atoms with van der Waals surface area (Å²) in [5.41, 5.74) is 1.95. The molecule has 1 aliphatic heterocycles. The first-order chi connectivity index (χ1) is 15.4. The Hall–Kier alpha value is -3.00. The van der Waals surface area contributed by atoms with Crippen molar-refractivity contribution < 1.29 is 9.13 Å². The highest BCUT2D eigenvalue weighted by molar-refractivity contribution is 5.49. The summed E-state index contributed by atoms with van der Waals surface area (Å²) in [4.78, 5) is 4.76. The van der Waals surface area contributed by atoms with Gasteiger partial charge >= 0.3 is 0 Å². The molecule has 3 aromatic rings. The highest BCUT2D eigenvalue weighted by atomic mass is 19.1. The largest absolute Gasteiger partial charge is 0.497 e. The smallest absolute Gasteiger partial charge is 0.173 e. The normalized spacial score (nSPS) is 16.2. The standard InChI is InChI=1S/C24H31FN6O/c1-5-24(2,3)31-23(26-27-28-31)22(18-6-8-19(25)9-7-18)30-16-14-29(15-17-30)20-10-12-21(32-4)13-11-20/h6-13,22H,5,14-17H2,1-4H3/t22-/m1/s1. The Morgan fingerprint density at radius 2 is 1.66 bits per heavy atom. The van der Waals surface area contributed by atoms with Crippen LogP contribution in [-0.2, 0) is 5.54 Å². The first-order valence-corrected chi connectivity index (χ1v) is 11.1. The van der Waals surface area contributed by atoms with E-state index in [1.54, 1.807) is 7.11 Å². The van der Waals surface area contributed by atoms with Crippen molar-refractivity contribution >= 4 is 5.69 Å². The van der Waals surface area contributed by atoms with Gasteiger partial charge in [0.15, 0.2) is 5.82 Å². The molecule has 32 heavy (non-hydrogen) atoms. The van der Waals surface area contributed by atoms with E-state index in [0.29, 0.717) is 0 Å². The Balaban J connectivity index is 1.61. The van der Waals surface area contributed by atoms with Gasteiger partial charge in [-0.05, 0) is 72.7 Å². The van der Waals surface area contributed by atoms with E-state index in [1.165, 1.54) is 17.8 Å². The predicted octanol–water partition coefficient (Wildman–Crippen LogP) is 3.88. The maximum atomic E-state index is 13.7. The fraction of sp³-hybridized carbons (Fsp3) is 0.458. The van der Waals surface area contributed by atoms with E-state index in [2.05, 4.69) is 58.2 Å². The zero-order valence-corrected chi connectivity index (χ0v) is 19.2. The maximum absolute atomic E-state index is 13.7. The van der Waals surface area contributed by atoms with Gasteiger partial charge in [0.25, 0.3) is 0 Å². The van der Waals surface area contributed by atoms with Crippen LogP contribution in [0.4, 0.5) is 10.1 Å². The maximum Gasteiger partial charge on any atom is 0.173 e. The lowest BCUT2D eigenvalue weighted by atomic mass is 9.99. The number of rotatable bonds is 7. The van der Waals surface area contributed by atoms with Crippen LogP contribution in [0.15, 0.2) is 48.5 Å². The fourth-order valence-electron chi connectivity index (χ4n) is 4.15. The van der Waals surface area contributed by atoms with Gasteiger partial charge in [0.2, 0.25) is 0 Å². The minimum absolute atomic E-state index is 0.144. The average Bonchev–Trinajstić information content (AvgIpc) is 3.31. The Morgan fingerprint density at radius 1 is 1.00 bits per heavy atom. The molecule has 1 fully saturated rings. The third-order valence-corrected chi connectivity index (χ3v) is 6.48. The molecular weight excluding hydrogens is 407 g/mol. The lowest BCUT2D eigenvalue weighted by molar-refractivity contribution is 0.187. The molecule has 0 amide bonds. The van der Waals surface area contributed by atoms with Gasteiger partial charge in [-0.25, -0.2) is 9.07 Å². The third-order valence-electron chi connectivity index (χ3n) is 6.48. The molecule has 1 aromatic heterocycles. The van der Waals surface area contributed by atoms with Gasteiger partial charge in [0, 0.05) is 31.9 Å². The number of tetrazole rings is 1. The minimum Gasteiger partial charge on any atom is -0.497 e. The van der Waals surface area contributed by atoms with E-state index < -0.39 is 0 Å². The Kier molecular flexibility index (Phi) is 6.41. The monoisotopic (exact) mass is 438 g/mol. The van der Waals surface area contributed by atoms with Crippen LogP contribution in [0.3, 0.4) is 0 Å². The molecule has 0 N–H and O–H groups in total. The van der Waals surface area contributed by atoms with Crippen LogP contribution >= 0.6 is 0 Å². The van der Waals surface area contributed by atoms with Crippen molar-refractivity contribution in [3.05, 3.63) is 65.7 Å². The van der Waals surface area contributed by atoms with Crippen LogP contribution in [0, 0.1) is 5.82 Å². The van der Waals surface area contributed by atoms with E-state index in [-0.39, 0.29) is 17.4 Å². The predicted molar refractivity (Wildman–Crippen MR) is 122 cm³/mol. The lowest BCUT2D eigenvalue weighted by Crippen LogP contribution is -2.48. The van der Waals surface area contributed by atoms with Crippen molar-refractivity contribution in [2.24, 2.45) is 0 Å². The molecule has 7 nitrogen and oxygen atoms in total. The third kappa shape index (κ3) is 4.46. The second-order valence-electron chi connectivity index (χ2n) is 8.79. The molecular formula is C24H31FN6O. The van der Waals surface area contributed by atoms with Crippen molar-refractivity contribution in [2.75, 3.05) is 38.2 Å². The second-order valence-corrected chi connectivity index (χ2v) is 8.79. The first kappa shape index (κ1) is 22.2. The summed E-state index contributed by atoms with van der Waals surface area (Å²) in [5, 5.41) is 12.8. The molecule has 0 aliphatic carbocycles. The molecule has 4 rings (SSSR count). The SMILES string of the molecule is CCC(C)(C)n1nnnc1[C@@H](c1ccc(F)cc1)N1CCN(c2ccc(OC)cc2)CC1. The topological polar surface area (TPSA) is 59.3 Å². The van der Waals surface area contributed by atoms with Crippen molar-refractivity contribution in [1.82, 2.24) is 25.1 Å². The Labute approximate surface area is 188 Å². The van der Waals surface area contributed by atoms with Gasteiger partial charge in [-0.3, -0.25) is 4.90 Å². The molecule has 1 aliphatic rings. The first-order valence-electron chi connectivity index (χ1n) is 11.1. The quantitative estimate of drug-likeness (QED) is 0.558. The number of hydrogen-bond donors (Lipinski definition) is 0. The van der Waals surface area contributed by atoms with Gasteiger partial charge in [0.05, 0.1) is 18.7 Å². The number of anilines is 1. The van der Waals surface area contributed by atoms with E-state index in [1.807, 2.05) is 28.9 Å². The van der Waals surface area contributed by atoms with Crippen LogP contribution in [0.2, 0.25) is 0 Å². The fourth-order valence-corrected chi connectivity index (χ4v) is 4.15. The molecule has 0 saturated carbocycles. The summed E-state index contributed by atoms with van der Waals surface area (Å²) >= 11 is 0. The molecule has 2 heterocycles. The number of piperazine rings is 1. The van der Waals surface area contributed by atoms with E-state index in [0.717, 1.165) is 49.7 Å². The highest BCUT2D eigenvalue weighted by Gasteiger charge is 2.34. The van der Waals surface area contributed by atoms with Crippen molar-refractivity contribution in [1.29, 1.82) is 0 Å². The molecule has 1 saturated heterocycles.